The van der Waals surface area contributed by atoms with Gasteiger partial charge in [0.05, 0.1) is 0 Å². The second-order valence-corrected chi connectivity index (χ2v) is 5.01. The van der Waals surface area contributed by atoms with Gasteiger partial charge in [0, 0.05) is 17.6 Å². The molecule has 0 bridgehead atoms. The van der Waals surface area contributed by atoms with Crippen LogP contribution in [0.3, 0.4) is 0 Å². The fraction of sp³-hybridized carbons (Fsp3) is 0.312. The molecule has 0 radical (unpaired) electrons. The Morgan fingerprint density at radius 3 is 2.37 bits per heavy atom. The van der Waals surface area contributed by atoms with Crippen LogP contribution in [0, 0.1) is 27.7 Å². The highest BCUT2D eigenvalue weighted by molar-refractivity contribution is 5.91. The molecule has 1 aromatic heterocycles. The number of amides is 1. The molecule has 100 valence electrons. The second-order valence-electron chi connectivity index (χ2n) is 5.01. The van der Waals surface area contributed by atoms with Gasteiger partial charge in [0.2, 0.25) is 5.91 Å². The van der Waals surface area contributed by atoms with Gasteiger partial charge in [-0.1, -0.05) is 18.2 Å². The first-order chi connectivity index (χ1) is 8.99. The van der Waals surface area contributed by atoms with Crippen LogP contribution in [0.4, 0.5) is 5.69 Å². The van der Waals surface area contributed by atoms with Gasteiger partial charge in [-0.15, -0.1) is 0 Å². The number of nitrogens with zero attached hydrogens (tertiary/aromatic N) is 1. The number of para-hydroxylation sites is 1. The van der Waals surface area contributed by atoms with Crippen LogP contribution >= 0.6 is 0 Å². The van der Waals surface area contributed by atoms with Gasteiger partial charge in [-0.05, 0) is 50.5 Å². The molecule has 2 rings (SSSR count). The van der Waals surface area contributed by atoms with Crippen LogP contribution in [0.2, 0.25) is 0 Å². The number of hydrogen-bond donors (Lipinski definition) is 1. The van der Waals surface area contributed by atoms with Crippen molar-refractivity contribution in [3.05, 3.63) is 52.8 Å². The lowest BCUT2D eigenvalue weighted by Gasteiger charge is -2.10. The van der Waals surface area contributed by atoms with E-state index in [0.29, 0.717) is 6.54 Å². The minimum Gasteiger partial charge on any atom is -0.342 e. The molecule has 0 aliphatic heterocycles. The topological polar surface area (TPSA) is 34.0 Å². The smallest absolute Gasteiger partial charge is 0.244 e. The number of carbonyl (C=O) groups excluding carboxylic acids is 1. The van der Waals surface area contributed by atoms with Gasteiger partial charge in [0.25, 0.3) is 0 Å². The standard InChI is InChI=1S/C16H20N2O/c1-11-7-5-6-8-15(11)17-16(19)10-18-9-12(2)13(3)14(18)4/h5-9H,10H2,1-4H3,(H,17,19). The molecule has 0 saturated heterocycles. The quantitative estimate of drug-likeness (QED) is 0.897. The molecule has 0 spiro atoms. The van der Waals surface area contributed by atoms with Gasteiger partial charge in [0.15, 0.2) is 0 Å². The zero-order chi connectivity index (χ0) is 14.0. The Hall–Kier alpha value is -2.03. The lowest BCUT2D eigenvalue weighted by Crippen LogP contribution is -2.19. The zero-order valence-corrected chi connectivity index (χ0v) is 11.9. The molecule has 2 aromatic rings. The molecular weight excluding hydrogens is 236 g/mol. The first-order valence-electron chi connectivity index (χ1n) is 6.47. The highest BCUT2D eigenvalue weighted by Gasteiger charge is 2.09. The minimum atomic E-state index is 0.00685. The van der Waals surface area contributed by atoms with E-state index >= 15 is 0 Å². The number of aromatic nitrogens is 1. The number of nitrogens with one attached hydrogen (secondary N) is 1. The Morgan fingerprint density at radius 1 is 1.11 bits per heavy atom. The Balaban J connectivity index is 2.10. The van der Waals surface area contributed by atoms with Crippen LogP contribution in [0.25, 0.3) is 0 Å². The van der Waals surface area contributed by atoms with Crippen molar-refractivity contribution >= 4 is 11.6 Å². The first-order valence-corrected chi connectivity index (χ1v) is 6.47. The van der Waals surface area contributed by atoms with Gasteiger partial charge in [0.1, 0.15) is 6.54 Å². The number of carbonyl (C=O) groups is 1. The van der Waals surface area contributed by atoms with Gasteiger partial charge >= 0.3 is 0 Å². The maximum absolute atomic E-state index is 12.1. The predicted molar refractivity (Wildman–Crippen MR) is 78.5 cm³/mol. The molecule has 0 saturated carbocycles. The van der Waals surface area contributed by atoms with Crippen molar-refractivity contribution in [1.82, 2.24) is 4.57 Å². The number of benzene rings is 1. The summed E-state index contributed by atoms with van der Waals surface area (Å²) in [6.07, 6.45) is 2.03. The number of hydrogen-bond acceptors (Lipinski definition) is 1. The summed E-state index contributed by atoms with van der Waals surface area (Å²) in [7, 11) is 0. The fourth-order valence-electron chi connectivity index (χ4n) is 2.15. The lowest BCUT2D eigenvalue weighted by molar-refractivity contribution is -0.116. The van der Waals surface area contributed by atoms with Crippen molar-refractivity contribution in [3.8, 4) is 0 Å². The summed E-state index contributed by atoms with van der Waals surface area (Å²) in [5.74, 6) is 0.00685. The molecule has 0 unspecified atom stereocenters. The van der Waals surface area contributed by atoms with Crippen LogP contribution < -0.4 is 5.32 Å². The van der Waals surface area contributed by atoms with Crippen molar-refractivity contribution in [1.29, 1.82) is 0 Å². The van der Waals surface area contributed by atoms with E-state index in [-0.39, 0.29) is 5.91 Å². The molecule has 1 N–H and O–H groups in total. The van der Waals surface area contributed by atoms with Crippen LogP contribution in [0.5, 0.6) is 0 Å². The highest BCUT2D eigenvalue weighted by Crippen LogP contribution is 2.16. The van der Waals surface area contributed by atoms with E-state index in [2.05, 4.69) is 19.2 Å². The third-order valence-electron chi connectivity index (χ3n) is 3.65. The summed E-state index contributed by atoms with van der Waals surface area (Å²) in [6.45, 7) is 8.54. The van der Waals surface area contributed by atoms with Crippen molar-refractivity contribution in [2.45, 2.75) is 34.2 Å². The molecule has 0 atom stereocenters. The average Bonchev–Trinajstić information content (AvgIpc) is 2.60. The Morgan fingerprint density at radius 2 is 1.79 bits per heavy atom. The largest absolute Gasteiger partial charge is 0.342 e. The van der Waals surface area contributed by atoms with Crippen molar-refractivity contribution < 1.29 is 4.79 Å². The molecule has 0 fully saturated rings. The average molecular weight is 256 g/mol. The normalized spacial score (nSPS) is 10.5. The lowest BCUT2D eigenvalue weighted by atomic mass is 10.2. The van der Waals surface area contributed by atoms with E-state index in [1.54, 1.807) is 0 Å². The number of aryl methyl sites for hydroxylation is 2. The molecule has 3 nitrogen and oxygen atoms in total. The Labute approximate surface area is 114 Å². The van der Waals surface area contributed by atoms with Crippen LogP contribution in [0.1, 0.15) is 22.4 Å². The van der Waals surface area contributed by atoms with Crippen LogP contribution in [-0.2, 0) is 11.3 Å². The summed E-state index contributed by atoms with van der Waals surface area (Å²) in [5, 5.41) is 2.95. The number of rotatable bonds is 3. The van der Waals surface area contributed by atoms with E-state index in [4.69, 9.17) is 0 Å². The van der Waals surface area contributed by atoms with E-state index in [1.165, 1.54) is 11.1 Å². The van der Waals surface area contributed by atoms with Crippen LogP contribution in [-0.4, -0.2) is 10.5 Å². The summed E-state index contributed by atoms with van der Waals surface area (Å²) >= 11 is 0. The van der Waals surface area contributed by atoms with Crippen molar-refractivity contribution in [3.63, 3.8) is 0 Å². The van der Waals surface area contributed by atoms with E-state index in [1.807, 2.05) is 48.9 Å². The molecule has 0 aliphatic rings. The Bertz CT molecular complexity index is 611. The van der Waals surface area contributed by atoms with E-state index in [0.717, 1.165) is 16.9 Å². The molecule has 0 aliphatic carbocycles. The SMILES string of the molecule is Cc1ccccc1NC(=O)Cn1cc(C)c(C)c1C. The molecule has 1 aromatic carbocycles. The third-order valence-corrected chi connectivity index (χ3v) is 3.65. The van der Waals surface area contributed by atoms with Gasteiger partial charge < -0.3 is 9.88 Å². The third kappa shape index (κ3) is 2.87. The van der Waals surface area contributed by atoms with Gasteiger partial charge in [-0.2, -0.15) is 0 Å². The van der Waals surface area contributed by atoms with Gasteiger partial charge in [-0.25, -0.2) is 0 Å². The summed E-state index contributed by atoms with van der Waals surface area (Å²) in [5.41, 5.74) is 5.58. The zero-order valence-electron chi connectivity index (χ0n) is 11.9. The first kappa shape index (κ1) is 13.4. The van der Waals surface area contributed by atoms with E-state index in [9.17, 15) is 4.79 Å². The number of anilines is 1. The molecule has 3 heteroatoms. The van der Waals surface area contributed by atoms with Crippen molar-refractivity contribution in [2.75, 3.05) is 5.32 Å². The molecule has 19 heavy (non-hydrogen) atoms. The molecule has 1 amide bonds. The summed E-state index contributed by atoms with van der Waals surface area (Å²) < 4.78 is 2.00. The van der Waals surface area contributed by atoms with E-state index < -0.39 is 0 Å². The molecule has 1 heterocycles. The monoisotopic (exact) mass is 256 g/mol. The Kier molecular flexibility index (Phi) is 3.74. The minimum absolute atomic E-state index is 0.00685. The van der Waals surface area contributed by atoms with Gasteiger partial charge in [-0.3, -0.25) is 4.79 Å². The fourth-order valence-corrected chi connectivity index (χ4v) is 2.15. The summed E-state index contributed by atoms with van der Waals surface area (Å²) in [4.78, 5) is 12.1. The molecular formula is C16H20N2O. The second kappa shape index (κ2) is 5.31. The maximum Gasteiger partial charge on any atom is 0.244 e. The van der Waals surface area contributed by atoms with Crippen molar-refractivity contribution in [2.24, 2.45) is 0 Å². The maximum atomic E-state index is 12.1. The predicted octanol–water partition coefficient (Wildman–Crippen LogP) is 3.36. The van der Waals surface area contributed by atoms with Crippen LogP contribution in [0.15, 0.2) is 30.5 Å². The highest BCUT2D eigenvalue weighted by atomic mass is 16.1. The summed E-state index contributed by atoms with van der Waals surface area (Å²) in [6, 6.07) is 7.81.